The van der Waals surface area contributed by atoms with Gasteiger partial charge < -0.3 is 10.6 Å². The fourth-order valence-electron chi connectivity index (χ4n) is 2.28. The molecule has 26 heavy (non-hydrogen) atoms. The number of anilines is 2. The predicted octanol–water partition coefficient (Wildman–Crippen LogP) is 5.59. The molecule has 2 aromatic rings. The Morgan fingerprint density at radius 2 is 1.77 bits per heavy atom. The van der Waals surface area contributed by atoms with E-state index in [1.807, 2.05) is 31.2 Å². The summed E-state index contributed by atoms with van der Waals surface area (Å²) in [6, 6.07) is 14.6. The smallest absolute Gasteiger partial charge is 0.237 e. The van der Waals surface area contributed by atoms with Crippen LogP contribution >= 0.6 is 23.4 Å². The van der Waals surface area contributed by atoms with Crippen molar-refractivity contribution < 1.29 is 9.59 Å². The minimum absolute atomic E-state index is 0.0146. The summed E-state index contributed by atoms with van der Waals surface area (Å²) in [5.41, 5.74) is 1.42. The van der Waals surface area contributed by atoms with Crippen molar-refractivity contribution >= 4 is 46.6 Å². The lowest BCUT2D eigenvalue weighted by atomic mass is 10.2. The minimum Gasteiger partial charge on any atom is -0.326 e. The minimum atomic E-state index is -0.292. The molecule has 0 aliphatic carbocycles. The van der Waals surface area contributed by atoms with Gasteiger partial charge in [0.2, 0.25) is 11.8 Å². The summed E-state index contributed by atoms with van der Waals surface area (Å²) in [5, 5.41) is 6.04. The topological polar surface area (TPSA) is 58.2 Å². The van der Waals surface area contributed by atoms with Crippen LogP contribution in [0.25, 0.3) is 0 Å². The normalized spacial score (nSPS) is 11.7. The van der Waals surface area contributed by atoms with Crippen LogP contribution in [-0.2, 0) is 9.59 Å². The van der Waals surface area contributed by atoms with Crippen LogP contribution in [0.5, 0.6) is 0 Å². The molecule has 138 valence electrons. The quantitative estimate of drug-likeness (QED) is 0.578. The molecule has 2 rings (SSSR count). The molecule has 1 unspecified atom stereocenters. The number of rotatable bonds is 8. The molecule has 0 bridgehead atoms. The third-order valence-corrected chi connectivity index (χ3v) is 4.98. The predicted molar refractivity (Wildman–Crippen MR) is 110 cm³/mol. The summed E-state index contributed by atoms with van der Waals surface area (Å²) in [7, 11) is 0. The molecule has 0 saturated carbocycles. The molecule has 0 heterocycles. The molecule has 2 amide bonds. The largest absolute Gasteiger partial charge is 0.326 e. The Morgan fingerprint density at radius 3 is 2.46 bits per heavy atom. The van der Waals surface area contributed by atoms with Gasteiger partial charge in [-0.2, -0.15) is 0 Å². The third-order valence-electron chi connectivity index (χ3n) is 3.65. The standard InChI is InChI=1S/C20H23ClN2O2S/c1-3-4-11-19(24)22-17-9-6-10-18(13-17)26-14(2)20(25)23-16-8-5-7-15(21)12-16/h5-10,12-14H,3-4,11H2,1-2H3,(H,22,24)(H,23,25). The maximum atomic E-state index is 12.4. The second-order valence-corrected chi connectivity index (χ2v) is 7.79. The van der Waals surface area contributed by atoms with Crippen molar-refractivity contribution in [2.75, 3.05) is 10.6 Å². The van der Waals surface area contributed by atoms with E-state index >= 15 is 0 Å². The highest BCUT2D eigenvalue weighted by Crippen LogP contribution is 2.27. The Morgan fingerprint density at radius 1 is 1.08 bits per heavy atom. The first-order valence-electron chi connectivity index (χ1n) is 8.61. The molecular formula is C20H23ClN2O2S. The van der Waals surface area contributed by atoms with Gasteiger partial charge in [0.1, 0.15) is 0 Å². The van der Waals surface area contributed by atoms with Gasteiger partial charge in [-0.15, -0.1) is 11.8 Å². The average molecular weight is 391 g/mol. The molecule has 0 aliphatic rings. The van der Waals surface area contributed by atoms with Gasteiger partial charge in [-0.1, -0.05) is 37.1 Å². The first kappa shape index (κ1) is 20.3. The van der Waals surface area contributed by atoms with Crippen LogP contribution in [0.1, 0.15) is 33.1 Å². The number of nitrogens with one attached hydrogen (secondary N) is 2. The molecule has 2 N–H and O–H groups in total. The summed E-state index contributed by atoms with van der Waals surface area (Å²) in [4.78, 5) is 25.1. The van der Waals surface area contributed by atoms with Crippen molar-refractivity contribution in [3.05, 3.63) is 53.6 Å². The Labute approximate surface area is 163 Å². The second-order valence-electron chi connectivity index (χ2n) is 5.94. The van der Waals surface area contributed by atoms with Gasteiger partial charge in [-0.25, -0.2) is 0 Å². The van der Waals surface area contributed by atoms with Crippen LogP contribution in [0.4, 0.5) is 11.4 Å². The van der Waals surface area contributed by atoms with E-state index in [0.717, 1.165) is 23.4 Å². The van der Waals surface area contributed by atoms with Gasteiger partial charge in [-0.3, -0.25) is 9.59 Å². The second kappa shape index (κ2) is 10.2. The van der Waals surface area contributed by atoms with Gasteiger partial charge >= 0.3 is 0 Å². The van der Waals surface area contributed by atoms with E-state index < -0.39 is 0 Å². The summed E-state index contributed by atoms with van der Waals surface area (Å²) in [6.07, 6.45) is 2.38. The van der Waals surface area contributed by atoms with E-state index in [-0.39, 0.29) is 17.1 Å². The highest BCUT2D eigenvalue weighted by atomic mass is 35.5. The molecule has 0 aromatic heterocycles. The number of benzene rings is 2. The van der Waals surface area contributed by atoms with E-state index in [1.165, 1.54) is 11.8 Å². The lowest BCUT2D eigenvalue weighted by Gasteiger charge is -2.13. The summed E-state index contributed by atoms with van der Waals surface area (Å²) in [6.45, 7) is 3.90. The molecular weight excluding hydrogens is 368 g/mol. The monoisotopic (exact) mass is 390 g/mol. The first-order chi connectivity index (χ1) is 12.5. The van der Waals surface area contributed by atoms with E-state index in [1.54, 1.807) is 24.3 Å². The van der Waals surface area contributed by atoms with Gasteiger partial charge in [0, 0.05) is 27.7 Å². The third kappa shape index (κ3) is 6.73. The van der Waals surface area contributed by atoms with E-state index in [0.29, 0.717) is 17.1 Å². The van der Waals surface area contributed by atoms with Crippen molar-refractivity contribution in [3.63, 3.8) is 0 Å². The Hall–Kier alpha value is -1.98. The van der Waals surface area contributed by atoms with Crippen LogP contribution in [0.2, 0.25) is 5.02 Å². The maximum absolute atomic E-state index is 12.4. The fourth-order valence-corrected chi connectivity index (χ4v) is 3.39. The van der Waals surface area contributed by atoms with Crippen LogP contribution < -0.4 is 10.6 Å². The molecule has 4 nitrogen and oxygen atoms in total. The molecule has 0 aliphatic heterocycles. The number of unbranched alkanes of at least 4 members (excludes halogenated alkanes) is 1. The van der Waals surface area contributed by atoms with Crippen LogP contribution in [0.3, 0.4) is 0 Å². The zero-order valence-electron chi connectivity index (χ0n) is 14.9. The van der Waals surface area contributed by atoms with Crippen molar-refractivity contribution in [3.8, 4) is 0 Å². The Bertz CT molecular complexity index is 767. The molecule has 1 atom stereocenters. The average Bonchev–Trinajstić information content (AvgIpc) is 2.60. The molecule has 6 heteroatoms. The lowest BCUT2D eigenvalue weighted by molar-refractivity contribution is -0.116. The first-order valence-corrected chi connectivity index (χ1v) is 9.86. The van der Waals surface area contributed by atoms with Gasteiger partial charge in [0.25, 0.3) is 0 Å². The SMILES string of the molecule is CCCCC(=O)Nc1cccc(SC(C)C(=O)Nc2cccc(Cl)c2)c1. The number of halogens is 1. The van der Waals surface area contributed by atoms with Gasteiger partial charge in [-0.05, 0) is 49.7 Å². The Kier molecular flexibility index (Phi) is 8.01. The van der Waals surface area contributed by atoms with Crippen LogP contribution in [-0.4, -0.2) is 17.1 Å². The fraction of sp³-hybridized carbons (Fsp3) is 0.300. The van der Waals surface area contributed by atoms with E-state index in [9.17, 15) is 9.59 Å². The lowest BCUT2D eigenvalue weighted by Crippen LogP contribution is -2.22. The molecule has 0 fully saturated rings. The summed E-state index contributed by atoms with van der Waals surface area (Å²) >= 11 is 7.38. The number of carbonyl (C=O) groups is 2. The van der Waals surface area contributed by atoms with Gasteiger partial charge in [0.15, 0.2) is 0 Å². The number of hydrogen-bond acceptors (Lipinski definition) is 3. The van der Waals surface area contributed by atoms with Gasteiger partial charge in [0.05, 0.1) is 5.25 Å². The molecule has 0 spiro atoms. The highest BCUT2D eigenvalue weighted by molar-refractivity contribution is 8.00. The van der Waals surface area contributed by atoms with E-state index in [2.05, 4.69) is 17.6 Å². The number of carbonyl (C=O) groups excluding carboxylic acids is 2. The maximum Gasteiger partial charge on any atom is 0.237 e. The number of hydrogen-bond donors (Lipinski definition) is 2. The molecule has 2 aromatic carbocycles. The number of amides is 2. The molecule has 0 saturated heterocycles. The van der Waals surface area contributed by atoms with E-state index in [4.69, 9.17) is 11.6 Å². The number of thioether (sulfide) groups is 1. The van der Waals surface area contributed by atoms with Crippen LogP contribution in [0.15, 0.2) is 53.4 Å². The zero-order valence-corrected chi connectivity index (χ0v) is 16.5. The zero-order chi connectivity index (χ0) is 18.9. The summed E-state index contributed by atoms with van der Waals surface area (Å²) in [5.74, 6) is -0.0876. The van der Waals surface area contributed by atoms with Crippen molar-refractivity contribution in [1.82, 2.24) is 0 Å². The van der Waals surface area contributed by atoms with Crippen LogP contribution in [0, 0.1) is 0 Å². The Balaban J connectivity index is 1.93. The van der Waals surface area contributed by atoms with Crippen molar-refractivity contribution in [2.45, 2.75) is 43.3 Å². The van der Waals surface area contributed by atoms with Crippen molar-refractivity contribution in [2.24, 2.45) is 0 Å². The van der Waals surface area contributed by atoms with Crippen molar-refractivity contribution in [1.29, 1.82) is 0 Å². The highest BCUT2D eigenvalue weighted by Gasteiger charge is 2.15. The summed E-state index contributed by atoms with van der Waals surface area (Å²) < 4.78 is 0. The molecule has 0 radical (unpaired) electrons.